The molecule has 0 bridgehead atoms. The number of hydrogen-bond donors (Lipinski definition) is 0. The monoisotopic (exact) mass is 364 g/mol. The first kappa shape index (κ1) is 18.1. The summed E-state index contributed by atoms with van der Waals surface area (Å²) in [5, 5.41) is 8.96. The van der Waals surface area contributed by atoms with E-state index < -0.39 is 5.97 Å². The number of nitriles is 1. The van der Waals surface area contributed by atoms with Crippen LogP contribution in [0.5, 0.6) is 5.75 Å². The SMILES string of the molecule is COC(=O)COc1ccc(C(=O)CN2Cc3cc(C#N)ccc3C2=O)cc1. The lowest BCUT2D eigenvalue weighted by atomic mass is 10.1. The van der Waals surface area contributed by atoms with Gasteiger partial charge in [0.2, 0.25) is 0 Å². The molecule has 1 heterocycles. The molecule has 1 aliphatic rings. The van der Waals surface area contributed by atoms with Crippen LogP contribution in [-0.4, -0.2) is 42.8 Å². The van der Waals surface area contributed by atoms with Gasteiger partial charge in [0.1, 0.15) is 5.75 Å². The van der Waals surface area contributed by atoms with Crippen molar-refractivity contribution in [3.8, 4) is 11.8 Å². The summed E-state index contributed by atoms with van der Waals surface area (Å²) in [6.07, 6.45) is 0. The van der Waals surface area contributed by atoms with E-state index in [1.807, 2.05) is 6.07 Å². The van der Waals surface area contributed by atoms with Crippen molar-refractivity contribution in [3.63, 3.8) is 0 Å². The maximum atomic E-state index is 12.5. The third-order valence-corrected chi connectivity index (χ3v) is 4.21. The van der Waals surface area contributed by atoms with E-state index in [1.54, 1.807) is 42.5 Å². The zero-order valence-corrected chi connectivity index (χ0v) is 14.6. The van der Waals surface area contributed by atoms with Crippen molar-refractivity contribution in [1.82, 2.24) is 4.90 Å². The van der Waals surface area contributed by atoms with Crippen molar-refractivity contribution in [3.05, 3.63) is 64.7 Å². The molecule has 0 saturated carbocycles. The van der Waals surface area contributed by atoms with Gasteiger partial charge in [-0.2, -0.15) is 5.26 Å². The lowest BCUT2D eigenvalue weighted by Gasteiger charge is -2.14. The average Bonchev–Trinajstić information content (AvgIpc) is 3.01. The number of Topliss-reactive ketones (excluding diaryl/α,β-unsaturated/α-hetero) is 1. The summed E-state index contributed by atoms with van der Waals surface area (Å²) in [6, 6.07) is 13.2. The van der Waals surface area contributed by atoms with Gasteiger partial charge in [0.15, 0.2) is 12.4 Å². The molecule has 2 aromatic rings. The van der Waals surface area contributed by atoms with Gasteiger partial charge < -0.3 is 14.4 Å². The third-order valence-electron chi connectivity index (χ3n) is 4.21. The minimum Gasteiger partial charge on any atom is -0.482 e. The van der Waals surface area contributed by atoms with E-state index in [0.29, 0.717) is 29.0 Å². The second-order valence-electron chi connectivity index (χ2n) is 5.96. The van der Waals surface area contributed by atoms with Gasteiger partial charge in [-0.15, -0.1) is 0 Å². The van der Waals surface area contributed by atoms with Crippen LogP contribution in [0.1, 0.15) is 31.8 Å². The molecule has 136 valence electrons. The van der Waals surface area contributed by atoms with E-state index >= 15 is 0 Å². The third kappa shape index (κ3) is 3.96. The Hall–Kier alpha value is -3.66. The smallest absolute Gasteiger partial charge is 0.343 e. The van der Waals surface area contributed by atoms with Gasteiger partial charge in [-0.3, -0.25) is 9.59 Å². The number of ketones is 1. The van der Waals surface area contributed by atoms with Crippen LogP contribution >= 0.6 is 0 Å². The first-order chi connectivity index (χ1) is 13.0. The summed E-state index contributed by atoms with van der Waals surface area (Å²) in [7, 11) is 1.27. The lowest BCUT2D eigenvalue weighted by Crippen LogP contribution is -2.30. The molecule has 7 heteroatoms. The van der Waals surface area contributed by atoms with Crippen molar-refractivity contribution < 1.29 is 23.9 Å². The number of amides is 1. The van der Waals surface area contributed by atoms with Crippen molar-refractivity contribution in [2.45, 2.75) is 6.54 Å². The number of ether oxygens (including phenoxy) is 2. The first-order valence-electron chi connectivity index (χ1n) is 8.17. The molecule has 0 aliphatic carbocycles. The fourth-order valence-corrected chi connectivity index (χ4v) is 2.78. The molecule has 0 spiro atoms. The quantitative estimate of drug-likeness (QED) is 0.574. The largest absolute Gasteiger partial charge is 0.482 e. The summed E-state index contributed by atoms with van der Waals surface area (Å²) in [5.41, 5.74) is 2.19. The molecular formula is C20H16N2O5. The molecule has 0 radical (unpaired) electrons. The Kier molecular flexibility index (Phi) is 5.18. The molecule has 1 amide bonds. The number of carbonyl (C=O) groups is 3. The van der Waals surface area contributed by atoms with Crippen LogP contribution in [0.4, 0.5) is 0 Å². The number of fused-ring (bicyclic) bond motifs is 1. The Morgan fingerprint density at radius 3 is 2.59 bits per heavy atom. The van der Waals surface area contributed by atoms with Crippen molar-refractivity contribution in [2.24, 2.45) is 0 Å². The second-order valence-corrected chi connectivity index (χ2v) is 5.96. The van der Waals surface area contributed by atoms with E-state index in [9.17, 15) is 14.4 Å². The molecule has 27 heavy (non-hydrogen) atoms. The van der Waals surface area contributed by atoms with Crippen LogP contribution in [0.15, 0.2) is 42.5 Å². The highest BCUT2D eigenvalue weighted by atomic mass is 16.6. The molecular weight excluding hydrogens is 348 g/mol. The van der Waals surface area contributed by atoms with E-state index in [4.69, 9.17) is 10.00 Å². The van der Waals surface area contributed by atoms with Crippen LogP contribution in [0.2, 0.25) is 0 Å². The predicted octanol–water partition coefficient (Wildman–Crippen LogP) is 1.95. The van der Waals surface area contributed by atoms with Gasteiger partial charge in [-0.05, 0) is 48.0 Å². The normalized spacial score (nSPS) is 12.3. The van der Waals surface area contributed by atoms with Crippen molar-refractivity contribution in [1.29, 1.82) is 5.26 Å². The van der Waals surface area contributed by atoms with Crippen molar-refractivity contribution in [2.75, 3.05) is 20.3 Å². The zero-order chi connectivity index (χ0) is 19.4. The first-order valence-corrected chi connectivity index (χ1v) is 8.17. The van der Waals surface area contributed by atoms with Gasteiger partial charge in [0, 0.05) is 17.7 Å². The van der Waals surface area contributed by atoms with Gasteiger partial charge in [-0.25, -0.2) is 4.79 Å². The number of benzene rings is 2. The summed E-state index contributed by atoms with van der Waals surface area (Å²) >= 11 is 0. The number of methoxy groups -OCH3 is 1. The lowest BCUT2D eigenvalue weighted by molar-refractivity contribution is -0.142. The highest BCUT2D eigenvalue weighted by Crippen LogP contribution is 2.24. The molecule has 0 saturated heterocycles. The highest BCUT2D eigenvalue weighted by molar-refractivity contribution is 6.04. The Bertz CT molecular complexity index is 944. The topological polar surface area (TPSA) is 96.7 Å². The van der Waals surface area contributed by atoms with Crippen LogP contribution < -0.4 is 4.74 Å². The molecule has 0 unspecified atom stereocenters. The summed E-state index contributed by atoms with van der Waals surface area (Å²) in [5.74, 6) is -0.496. The maximum Gasteiger partial charge on any atom is 0.343 e. The van der Waals surface area contributed by atoms with Crippen LogP contribution in [0.25, 0.3) is 0 Å². The van der Waals surface area contributed by atoms with E-state index in [2.05, 4.69) is 4.74 Å². The number of nitrogens with zero attached hydrogens (tertiary/aromatic N) is 2. The molecule has 1 aliphatic heterocycles. The van der Waals surface area contributed by atoms with Gasteiger partial charge in [-0.1, -0.05) is 0 Å². The molecule has 0 fully saturated rings. The van der Waals surface area contributed by atoms with E-state index in [-0.39, 0.29) is 24.8 Å². The Morgan fingerprint density at radius 2 is 1.93 bits per heavy atom. The maximum absolute atomic E-state index is 12.5. The van der Waals surface area contributed by atoms with Gasteiger partial charge in [0.25, 0.3) is 5.91 Å². The molecule has 0 aromatic heterocycles. The van der Waals surface area contributed by atoms with Gasteiger partial charge >= 0.3 is 5.97 Å². The fraction of sp³-hybridized carbons (Fsp3) is 0.200. The second kappa shape index (κ2) is 7.70. The molecule has 3 rings (SSSR count). The molecule has 0 atom stereocenters. The Labute approximate surface area is 155 Å². The molecule has 2 aromatic carbocycles. The standard InChI is InChI=1S/C20H16N2O5/c1-26-19(24)12-27-16-5-3-14(4-6-16)18(23)11-22-10-15-8-13(9-21)2-7-17(15)20(22)25/h2-8H,10-12H2,1H3. The van der Waals surface area contributed by atoms with E-state index in [1.165, 1.54) is 12.0 Å². The number of hydrogen-bond acceptors (Lipinski definition) is 6. The number of esters is 1. The average molecular weight is 364 g/mol. The minimum absolute atomic E-state index is 0.0578. The summed E-state index contributed by atoms with van der Waals surface area (Å²) in [4.78, 5) is 37.4. The van der Waals surface area contributed by atoms with Gasteiger partial charge in [0.05, 0.1) is 25.3 Å². The Balaban J connectivity index is 1.63. The highest BCUT2D eigenvalue weighted by Gasteiger charge is 2.29. The van der Waals surface area contributed by atoms with Crippen molar-refractivity contribution >= 4 is 17.7 Å². The predicted molar refractivity (Wildman–Crippen MR) is 94.2 cm³/mol. The summed E-state index contributed by atoms with van der Waals surface area (Å²) in [6.45, 7) is 0.0303. The number of carbonyl (C=O) groups excluding carboxylic acids is 3. The minimum atomic E-state index is -0.498. The summed E-state index contributed by atoms with van der Waals surface area (Å²) < 4.78 is 9.72. The van der Waals surface area contributed by atoms with Crippen LogP contribution in [-0.2, 0) is 16.1 Å². The zero-order valence-electron chi connectivity index (χ0n) is 14.6. The van der Waals surface area contributed by atoms with E-state index in [0.717, 1.165) is 5.56 Å². The fourth-order valence-electron chi connectivity index (χ4n) is 2.78. The number of rotatable bonds is 6. The molecule has 0 N–H and O–H groups in total. The Morgan fingerprint density at radius 1 is 1.19 bits per heavy atom. The van der Waals surface area contributed by atoms with Crippen LogP contribution in [0.3, 0.4) is 0 Å². The van der Waals surface area contributed by atoms with Crippen LogP contribution in [0, 0.1) is 11.3 Å². The molecule has 7 nitrogen and oxygen atoms in total.